The van der Waals surface area contributed by atoms with Gasteiger partial charge in [0.2, 0.25) is 5.89 Å². The highest BCUT2D eigenvalue weighted by Crippen LogP contribution is 2.49. The second kappa shape index (κ2) is 8.01. The summed E-state index contributed by atoms with van der Waals surface area (Å²) in [4.78, 5) is 18.3. The predicted molar refractivity (Wildman–Crippen MR) is 93.4 cm³/mol. The maximum Gasteiger partial charge on any atom is 0.311 e. The molecule has 2 aliphatic rings. The lowest BCUT2D eigenvalue weighted by Gasteiger charge is -2.23. The van der Waals surface area contributed by atoms with Crippen LogP contribution in [0.25, 0.3) is 0 Å². The summed E-state index contributed by atoms with van der Waals surface area (Å²) in [7, 11) is 0. The Balaban J connectivity index is 0.00000225. The van der Waals surface area contributed by atoms with E-state index in [4.69, 9.17) is 9.26 Å². The largest absolute Gasteiger partial charge is 0.481 e. The number of hydrogen-bond acceptors (Lipinski definition) is 6. The molecule has 3 rings (SSSR count). The Labute approximate surface area is 154 Å². The van der Waals surface area contributed by atoms with Crippen LogP contribution in [0.3, 0.4) is 0 Å². The van der Waals surface area contributed by atoms with Crippen LogP contribution in [-0.4, -0.2) is 45.8 Å². The number of fused-ring (bicyclic) bond motifs is 1. The van der Waals surface area contributed by atoms with Gasteiger partial charge in [-0.25, -0.2) is 0 Å². The van der Waals surface area contributed by atoms with Crippen molar-refractivity contribution in [3.05, 3.63) is 11.7 Å². The third-order valence-corrected chi connectivity index (χ3v) is 5.25. The van der Waals surface area contributed by atoms with Gasteiger partial charge < -0.3 is 14.4 Å². The van der Waals surface area contributed by atoms with Crippen molar-refractivity contribution in [1.29, 1.82) is 0 Å². The van der Waals surface area contributed by atoms with Crippen molar-refractivity contribution in [1.82, 2.24) is 15.0 Å². The van der Waals surface area contributed by atoms with Gasteiger partial charge in [0.05, 0.1) is 12.0 Å². The fourth-order valence-corrected chi connectivity index (χ4v) is 3.96. The van der Waals surface area contributed by atoms with E-state index in [2.05, 4.69) is 28.9 Å². The first kappa shape index (κ1) is 20.1. The number of nitrogens with zero attached hydrogens (tertiary/aromatic N) is 3. The molecule has 142 valence electrons. The standard InChI is InChI=1S/C17H27N3O4.ClH/c1-11(2)9-23-12(3)15-18-14(24-19-15)8-20-7-13-5-4-6-17(13,10-20)16(21)22;/h11-13H,4-10H2,1-3H3,(H,21,22);1H/t12?,13-,17+;/m0./s1. The molecule has 1 aromatic heterocycles. The van der Waals surface area contributed by atoms with Crippen molar-refractivity contribution in [2.24, 2.45) is 17.3 Å². The topological polar surface area (TPSA) is 88.7 Å². The van der Waals surface area contributed by atoms with Crippen LogP contribution >= 0.6 is 12.4 Å². The zero-order valence-corrected chi connectivity index (χ0v) is 15.9. The SMILES string of the molecule is CC(C)COC(C)c1noc(CN2C[C@@H]3CCC[C@@]3(C(=O)O)C2)n1.Cl. The Morgan fingerprint density at radius 1 is 1.48 bits per heavy atom. The number of halogens is 1. The minimum absolute atomic E-state index is 0. The van der Waals surface area contributed by atoms with Crippen molar-refractivity contribution in [3.63, 3.8) is 0 Å². The van der Waals surface area contributed by atoms with Gasteiger partial charge in [-0.3, -0.25) is 9.69 Å². The van der Waals surface area contributed by atoms with E-state index < -0.39 is 11.4 Å². The van der Waals surface area contributed by atoms with Crippen LogP contribution in [-0.2, 0) is 16.1 Å². The quantitative estimate of drug-likeness (QED) is 0.785. The molecule has 1 unspecified atom stereocenters. The number of carbonyl (C=O) groups is 1. The molecular weight excluding hydrogens is 346 g/mol. The molecule has 1 N–H and O–H groups in total. The van der Waals surface area contributed by atoms with E-state index in [0.717, 1.165) is 25.8 Å². The van der Waals surface area contributed by atoms with Gasteiger partial charge in [-0.1, -0.05) is 25.4 Å². The summed E-state index contributed by atoms with van der Waals surface area (Å²) in [5.41, 5.74) is -0.573. The smallest absolute Gasteiger partial charge is 0.311 e. The van der Waals surface area contributed by atoms with Crippen molar-refractivity contribution in [2.75, 3.05) is 19.7 Å². The number of carboxylic acid groups (broad SMARTS) is 1. The maximum atomic E-state index is 11.7. The molecule has 1 aromatic rings. The molecule has 1 aliphatic carbocycles. The highest BCUT2D eigenvalue weighted by atomic mass is 35.5. The Morgan fingerprint density at radius 2 is 2.24 bits per heavy atom. The molecule has 3 atom stereocenters. The third kappa shape index (κ3) is 4.15. The summed E-state index contributed by atoms with van der Waals surface area (Å²) < 4.78 is 11.0. The van der Waals surface area contributed by atoms with Crippen LogP contribution in [0.1, 0.15) is 57.9 Å². The number of hydrogen-bond donors (Lipinski definition) is 1. The zero-order chi connectivity index (χ0) is 17.3. The summed E-state index contributed by atoms with van der Waals surface area (Å²) in [6.07, 6.45) is 2.59. The molecule has 1 saturated carbocycles. The van der Waals surface area contributed by atoms with Crippen LogP contribution in [0, 0.1) is 17.3 Å². The number of carboxylic acids is 1. The molecule has 0 radical (unpaired) electrons. The average molecular weight is 374 g/mol. The van der Waals surface area contributed by atoms with Crippen LogP contribution in [0.15, 0.2) is 4.52 Å². The number of aromatic nitrogens is 2. The molecule has 0 aromatic carbocycles. The number of ether oxygens (including phenoxy) is 1. The lowest BCUT2D eigenvalue weighted by molar-refractivity contribution is -0.149. The molecule has 8 heteroatoms. The first-order valence-corrected chi connectivity index (χ1v) is 8.80. The zero-order valence-electron chi connectivity index (χ0n) is 15.1. The van der Waals surface area contributed by atoms with E-state index in [-0.39, 0.29) is 24.4 Å². The number of likely N-dealkylation sites (tertiary alicyclic amines) is 1. The van der Waals surface area contributed by atoms with Gasteiger partial charge in [0, 0.05) is 19.7 Å². The second-order valence-corrected chi connectivity index (χ2v) is 7.64. The Morgan fingerprint density at radius 3 is 2.88 bits per heavy atom. The summed E-state index contributed by atoms with van der Waals surface area (Å²) >= 11 is 0. The van der Waals surface area contributed by atoms with Crippen molar-refractivity contribution < 1.29 is 19.2 Å². The van der Waals surface area contributed by atoms with E-state index in [9.17, 15) is 9.90 Å². The van der Waals surface area contributed by atoms with Crippen molar-refractivity contribution in [3.8, 4) is 0 Å². The molecule has 0 spiro atoms. The van der Waals surface area contributed by atoms with E-state index in [1.54, 1.807) is 0 Å². The lowest BCUT2D eigenvalue weighted by Crippen LogP contribution is -2.35. The highest BCUT2D eigenvalue weighted by Gasteiger charge is 2.54. The third-order valence-electron chi connectivity index (χ3n) is 5.25. The van der Waals surface area contributed by atoms with Gasteiger partial charge in [0.25, 0.3) is 0 Å². The van der Waals surface area contributed by atoms with E-state index in [0.29, 0.717) is 37.3 Å². The minimum Gasteiger partial charge on any atom is -0.481 e. The fraction of sp³-hybridized carbons (Fsp3) is 0.824. The Kier molecular flexibility index (Phi) is 6.45. The maximum absolute atomic E-state index is 11.7. The van der Waals surface area contributed by atoms with Gasteiger partial charge in [0.15, 0.2) is 5.82 Å². The molecule has 25 heavy (non-hydrogen) atoms. The first-order chi connectivity index (χ1) is 11.4. The predicted octanol–water partition coefficient (Wildman–Crippen LogP) is 2.91. The summed E-state index contributed by atoms with van der Waals surface area (Å²) in [6, 6.07) is 0. The van der Waals surface area contributed by atoms with Crippen molar-refractivity contribution in [2.45, 2.75) is 52.7 Å². The Bertz CT molecular complexity index is 594. The van der Waals surface area contributed by atoms with Gasteiger partial charge >= 0.3 is 5.97 Å². The van der Waals surface area contributed by atoms with E-state index in [1.807, 2.05) is 6.92 Å². The van der Waals surface area contributed by atoms with Gasteiger partial charge in [-0.15, -0.1) is 12.4 Å². The molecule has 1 aliphatic heterocycles. The average Bonchev–Trinajstić information content (AvgIpc) is 3.19. The van der Waals surface area contributed by atoms with E-state index >= 15 is 0 Å². The summed E-state index contributed by atoms with van der Waals surface area (Å²) in [6.45, 7) is 8.63. The first-order valence-electron chi connectivity index (χ1n) is 8.80. The van der Waals surface area contributed by atoms with Gasteiger partial charge in [-0.05, 0) is 31.6 Å². The van der Waals surface area contributed by atoms with Crippen LogP contribution in [0.5, 0.6) is 0 Å². The van der Waals surface area contributed by atoms with E-state index in [1.165, 1.54) is 0 Å². The van der Waals surface area contributed by atoms with Crippen LogP contribution in [0.4, 0.5) is 0 Å². The number of rotatable bonds is 7. The fourth-order valence-electron chi connectivity index (χ4n) is 3.96. The molecule has 0 bridgehead atoms. The van der Waals surface area contributed by atoms with Crippen molar-refractivity contribution >= 4 is 18.4 Å². The Hall–Kier alpha value is -1.18. The molecule has 2 heterocycles. The van der Waals surface area contributed by atoms with Gasteiger partial charge in [-0.2, -0.15) is 4.98 Å². The van der Waals surface area contributed by atoms with Crippen LogP contribution < -0.4 is 0 Å². The summed E-state index contributed by atoms with van der Waals surface area (Å²) in [5, 5.41) is 13.7. The number of aliphatic carboxylic acids is 1. The molecule has 2 fully saturated rings. The second-order valence-electron chi connectivity index (χ2n) is 7.64. The lowest BCUT2D eigenvalue weighted by atomic mass is 9.81. The molecule has 0 amide bonds. The summed E-state index contributed by atoms with van der Waals surface area (Å²) in [5.74, 6) is 1.12. The monoisotopic (exact) mass is 373 g/mol. The van der Waals surface area contributed by atoms with Gasteiger partial charge in [0.1, 0.15) is 6.10 Å². The molecule has 1 saturated heterocycles. The molecular formula is C17H28ClN3O4. The highest BCUT2D eigenvalue weighted by molar-refractivity contribution is 5.85. The molecule has 7 nitrogen and oxygen atoms in total. The normalized spacial score (nSPS) is 27.3. The minimum atomic E-state index is -0.658. The van der Waals surface area contributed by atoms with Crippen LogP contribution in [0.2, 0.25) is 0 Å².